The normalized spacial score (nSPS) is 11.0. The molecule has 1 aromatic heterocycles. The summed E-state index contributed by atoms with van der Waals surface area (Å²) < 4.78 is 26.9. The Kier molecular flexibility index (Phi) is 5.52. The predicted molar refractivity (Wildman–Crippen MR) is 104 cm³/mol. The van der Waals surface area contributed by atoms with Crippen molar-refractivity contribution in [2.45, 2.75) is 11.4 Å². The average Bonchev–Trinajstić information content (AvgIpc) is 2.73. The van der Waals surface area contributed by atoms with Crippen molar-refractivity contribution < 1.29 is 13.2 Å². The molecule has 0 unspecified atom stereocenters. The number of benzene rings is 2. The molecule has 1 N–H and O–H groups in total. The summed E-state index contributed by atoms with van der Waals surface area (Å²) >= 11 is 0. The van der Waals surface area contributed by atoms with Crippen LogP contribution in [-0.4, -0.2) is 26.4 Å². The molecule has 0 aliphatic carbocycles. The first-order valence-corrected chi connectivity index (χ1v) is 9.73. The van der Waals surface area contributed by atoms with Crippen LogP contribution in [0.3, 0.4) is 0 Å². The average molecular weight is 381 g/mol. The van der Waals surface area contributed by atoms with Gasteiger partial charge in [-0.15, -0.1) is 0 Å². The minimum atomic E-state index is -3.77. The fourth-order valence-electron chi connectivity index (χ4n) is 2.52. The summed E-state index contributed by atoms with van der Waals surface area (Å²) in [6, 6.07) is 18.4. The molecule has 0 saturated carbocycles. The van der Waals surface area contributed by atoms with Crippen molar-refractivity contribution in [2.24, 2.45) is 0 Å². The molecule has 0 fully saturated rings. The van der Waals surface area contributed by atoms with Gasteiger partial charge in [0.2, 0.25) is 0 Å². The molecule has 6 nitrogen and oxygen atoms in total. The summed E-state index contributed by atoms with van der Waals surface area (Å²) in [6.45, 7) is 0.336. The minimum Gasteiger partial charge on any atom is -0.348 e. The van der Waals surface area contributed by atoms with Crippen LogP contribution in [0.25, 0.3) is 0 Å². The number of nitrogens with one attached hydrogen (secondary N) is 1. The van der Waals surface area contributed by atoms with Crippen molar-refractivity contribution in [3.63, 3.8) is 0 Å². The maximum Gasteiger partial charge on any atom is 0.264 e. The summed E-state index contributed by atoms with van der Waals surface area (Å²) in [7, 11) is -2.28. The van der Waals surface area contributed by atoms with Gasteiger partial charge >= 0.3 is 0 Å². The number of para-hydroxylation sites is 1. The summed E-state index contributed by atoms with van der Waals surface area (Å²) in [4.78, 5) is 16.4. The van der Waals surface area contributed by atoms with Crippen molar-refractivity contribution in [2.75, 3.05) is 11.4 Å². The quantitative estimate of drug-likeness (QED) is 0.712. The molecule has 0 saturated heterocycles. The summed E-state index contributed by atoms with van der Waals surface area (Å²) in [6.07, 6.45) is 3.29. The van der Waals surface area contributed by atoms with Gasteiger partial charge in [-0.1, -0.05) is 24.3 Å². The van der Waals surface area contributed by atoms with Gasteiger partial charge in [-0.3, -0.25) is 14.1 Å². The van der Waals surface area contributed by atoms with E-state index in [-0.39, 0.29) is 16.4 Å². The van der Waals surface area contributed by atoms with Crippen LogP contribution >= 0.6 is 0 Å². The van der Waals surface area contributed by atoms with Gasteiger partial charge in [-0.05, 0) is 48.0 Å². The van der Waals surface area contributed by atoms with E-state index in [1.54, 1.807) is 60.9 Å². The van der Waals surface area contributed by atoms with Crippen LogP contribution in [0, 0.1) is 0 Å². The first-order chi connectivity index (χ1) is 13.0. The summed E-state index contributed by atoms with van der Waals surface area (Å²) in [5, 5.41) is 2.78. The van der Waals surface area contributed by atoms with Crippen LogP contribution in [0.5, 0.6) is 0 Å². The number of carbonyl (C=O) groups is 1. The van der Waals surface area contributed by atoms with Crippen LogP contribution in [0.15, 0.2) is 84.0 Å². The second kappa shape index (κ2) is 8.01. The lowest BCUT2D eigenvalue weighted by molar-refractivity contribution is 0.0950. The molecule has 27 heavy (non-hydrogen) atoms. The number of pyridine rings is 1. The van der Waals surface area contributed by atoms with Crippen LogP contribution in [0.2, 0.25) is 0 Å². The number of carbonyl (C=O) groups excluding carboxylic acids is 1. The van der Waals surface area contributed by atoms with Crippen molar-refractivity contribution >= 4 is 21.6 Å². The van der Waals surface area contributed by atoms with Crippen LogP contribution in [0.1, 0.15) is 15.9 Å². The Morgan fingerprint density at radius 2 is 1.70 bits per heavy atom. The third kappa shape index (κ3) is 4.32. The van der Waals surface area contributed by atoms with E-state index in [0.29, 0.717) is 12.2 Å². The Hall–Kier alpha value is -3.19. The van der Waals surface area contributed by atoms with Crippen molar-refractivity contribution in [1.29, 1.82) is 0 Å². The maximum absolute atomic E-state index is 12.9. The monoisotopic (exact) mass is 381 g/mol. The number of hydrogen-bond acceptors (Lipinski definition) is 4. The number of hydrogen-bond donors (Lipinski definition) is 1. The zero-order chi connectivity index (χ0) is 19.3. The number of aromatic nitrogens is 1. The Morgan fingerprint density at radius 3 is 2.41 bits per heavy atom. The molecule has 138 valence electrons. The molecule has 3 rings (SSSR count). The number of anilines is 1. The predicted octanol–water partition coefficient (Wildman–Crippen LogP) is 2.84. The second-order valence-electron chi connectivity index (χ2n) is 5.87. The van der Waals surface area contributed by atoms with E-state index >= 15 is 0 Å². The molecule has 1 amide bonds. The molecule has 0 aliphatic heterocycles. The van der Waals surface area contributed by atoms with Gasteiger partial charge < -0.3 is 5.32 Å². The highest BCUT2D eigenvalue weighted by molar-refractivity contribution is 7.92. The molecule has 2 aromatic carbocycles. The van der Waals surface area contributed by atoms with E-state index in [1.807, 2.05) is 6.07 Å². The molecule has 7 heteroatoms. The van der Waals surface area contributed by atoms with Crippen LogP contribution in [-0.2, 0) is 16.6 Å². The van der Waals surface area contributed by atoms with Gasteiger partial charge in [0.25, 0.3) is 15.9 Å². The fourth-order valence-corrected chi connectivity index (χ4v) is 3.76. The van der Waals surface area contributed by atoms with E-state index in [9.17, 15) is 13.2 Å². The van der Waals surface area contributed by atoms with Crippen molar-refractivity contribution in [3.8, 4) is 0 Å². The molecule has 0 aliphatic rings. The van der Waals surface area contributed by atoms with E-state index < -0.39 is 10.0 Å². The highest BCUT2D eigenvalue weighted by Crippen LogP contribution is 2.22. The Balaban J connectivity index is 1.79. The van der Waals surface area contributed by atoms with Crippen LogP contribution < -0.4 is 9.62 Å². The summed E-state index contributed by atoms with van der Waals surface area (Å²) in [5.74, 6) is -0.341. The fraction of sp³-hybridized carbons (Fsp3) is 0.100. The summed E-state index contributed by atoms with van der Waals surface area (Å²) in [5.41, 5.74) is 1.74. The smallest absolute Gasteiger partial charge is 0.264 e. The van der Waals surface area contributed by atoms with E-state index in [1.165, 1.54) is 23.5 Å². The lowest BCUT2D eigenvalue weighted by Gasteiger charge is -2.19. The third-order valence-electron chi connectivity index (χ3n) is 4.08. The van der Waals surface area contributed by atoms with Crippen molar-refractivity contribution in [3.05, 3.63) is 90.3 Å². The molecule has 1 heterocycles. The van der Waals surface area contributed by atoms with Gasteiger partial charge in [0, 0.05) is 31.5 Å². The molecular weight excluding hydrogens is 362 g/mol. The minimum absolute atomic E-state index is 0.0606. The first-order valence-electron chi connectivity index (χ1n) is 8.29. The zero-order valence-corrected chi connectivity index (χ0v) is 15.6. The Labute approximate surface area is 158 Å². The second-order valence-corrected chi connectivity index (χ2v) is 7.84. The van der Waals surface area contributed by atoms with Gasteiger partial charge in [0.1, 0.15) is 0 Å². The number of rotatable bonds is 6. The highest BCUT2D eigenvalue weighted by atomic mass is 32.2. The molecule has 0 bridgehead atoms. The van der Waals surface area contributed by atoms with Gasteiger partial charge in [0.05, 0.1) is 10.6 Å². The molecule has 3 aromatic rings. The van der Waals surface area contributed by atoms with E-state index in [0.717, 1.165) is 5.56 Å². The Bertz CT molecular complexity index is 1020. The largest absolute Gasteiger partial charge is 0.348 e. The number of sulfonamides is 1. The lowest BCUT2D eigenvalue weighted by Crippen LogP contribution is -2.27. The number of nitrogens with zero attached hydrogens (tertiary/aromatic N) is 2. The first kappa shape index (κ1) is 18.6. The third-order valence-corrected chi connectivity index (χ3v) is 5.86. The SMILES string of the molecule is CN(c1ccccc1)S(=O)(=O)c1cccc(C(=O)NCc2ccncc2)c1. The Morgan fingerprint density at radius 1 is 1.00 bits per heavy atom. The standard InChI is InChI=1S/C20H19N3O3S/c1-23(18-7-3-2-4-8-18)27(25,26)19-9-5-6-17(14-19)20(24)22-15-16-10-12-21-13-11-16/h2-14H,15H2,1H3,(H,22,24). The van der Waals surface area contributed by atoms with Crippen LogP contribution in [0.4, 0.5) is 5.69 Å². The number of amides is 1. The van der Waals surface area contributed by atoms with Gasteiger partial charge in [-0.25, -0.2) is 8.42 Å². The van der Waals surface area contributed by atoms with E-state index in [4.69, 9.17) is 0 Å². The topological polar surface area (TPSA) is 79.4 Å². The molecular formula is C20H19N3O3S. The van der Waals surface area contributed by atoms with Gasteiger partial charge in [0.15, 0.2) is 0 Å². The lowest BCUT2D eigenvalue weighted by atomic mass is 10.2. The zero-order valence-electron chi connectivity index (χ0n) is 14.7. The molecule has 0 spiro atoms. The molecule has 0 atom stereocenters. The molecule has 0 radical (unpaired) electrons. The highest BCUT2D eigenvalue weighted by Gasteiger charge is 2.22. The van der Waals surface area contributed by atoms with E-state index in [2.05, 4.69) is 10.3 Å². The maximum atomic E-state index is 12.9. The van der Waals surface area contributed by atoms with Crippen molar-refractivity contribution in [1.82, 2.24) is 10.3 Å². The van der Waals surface area contributed by atoms with Gasteiger partial charge in [-0.2, -0.15) is 0 Å².